The monoisotopic (exact) mass is 379 g/mol. The number of hydrogen-bond acceptors (Lipinski definition) is 4. The van der Waals surface area contributed by atoms with Gasteiger partial charge in [-0.3, -0.25) is 9.59 Å². The zero-order valence-electron chi connectivity index (χ0n) is 15.3. The lowest BCUT2D eigenvalue weighted by Crippen LogP contribution is -2.32. The molecule has 0 bridgehead atoms. The number of likely N-dealkylation sites (tertiary alicyclic amines) is 1. The van der Waals surface area contributed by atoms with Crippen LogP contribution < -0.4 is 4.74 Å². The van der Waals surface area contributed by atoms with Gasteiger partial charge in [0.15, 0.2) is 12.4 Å². The Kier molecular flexibility index (Phi) is 6.22. The molecule has 0 spiro atoms. The third kappa shape index (κ3) is 5.07. The SMILES string of the molecule is O=C(O)c1ccc(/C=C/C(=O)c2ccc(OCC(=O)N3CCCC3)cc2)cc1. The van der Waals surface area contributed by atoms with Gasteiger partial charge < -0.3 is 14.7 Å². The van der Waals surface area contributed by atoms with Gasteiger partial charge in [-0.15, -0.1) is 0 Å². The number of ketones is 1. The highest BCUT2D eigenvalue weighted by molar-refractivity contribution is 6.06. The van der Waals surface area contributed by atoms with Gasteiger partial charge in [0.2, 0.25) is 0 Å². The minimum absolute atomic E-state index is 0.000462. The summed E-state index contributed by atoms with van der Waals surface area (Å²) >= 11 is 0. The number of rotatable bonds is 7. The lowest BCUT2D eigenvalue weighted by atomic mass is 10.1. The van der Waals surface area contributed by atoms with Crippen molar-refractivity contribution in [1.29, 1.82) is 0 Å². The molecule has 0 saturated carbocycles. The number of carbonyl (C=O) groups excluding carboxylic acids is 2. The second kappa shape index (κ2) is 8.99. The first-order valence-electron chi connectivity index (χ1n) is 9.09. The normalized spacial score (nSPS) is 13.6. The first-order valence-corrected chi connectivity index (χ1v) is 9.09. The smallest absolute Gasteiger partial charge is 0.335 e. The van der Waals surface area contributed by atoms with Crippen molar-refractivity contribution < 1.29 is 24.2 Å². The van der Waals surface area contributed by atoms with Gasteiger partial charge in [0.1, 0.15) is 5.75 Å². The summed E-state index contributed by atoms with van der Waals surface area (Å²) in [5, 5.41) is 8.89. The maximum absolute atomic E-state index is 12.3. The summed E-state index contributed by atoms with van der Waals surface area (Å²) in [5.41, 5.74) is 1.43. The third-order valence-electron chi connectivity index (χ3n) is 4.54. The van der Waals surface area contributed by atoms with Crippen molar-refractivity contribution in [2.75, 3.05) is 19.7 Å². The van der Waals surface area contributed by atoms with Crippen LogP contribution in [-0.2, 0) is 4.79 Å². The van der Waals surface area contributed by atoms with Gasteiger partial charge in [-0.05, 0) is 60.9 Å². The van der Waals surface area contributed by atoms with Crippen LogP contribution in [0.5, 0.6) is 5.75 Å². The van der Waals surface area contributed by atoms with Crippen molar-refractivity contribution in [3.8, 4) is 5.75 Å². The third-order valence-corrected chi connectivity index (χ3v) is 4.54. The molecule has 0 radical (unpaired) electrons. The van der Waals surface area contributed by atoms with Gasteiger partial charge in [-0.2, -0.15) is 0 Å². The highest BCUT2D eigenvalue weighted by atomic mass is 16.5. The Morgan fingerprint density at radius 2 is 1.54 bits per heavy atom. The van der Waals surface area contributed by atoms with E-state index < -0.39 is 5.97 Å². The molecule has 6 nitrogen and oxygen atoms in total. The minimum Gasteiger partial charge on any atom is -0.484 e. The number of amides is 1. The highest BCUT2D eigenvalue weighted by Crippen LogP contribution is 2.15. The van der Waals surface area contributed by atoms with Crippen LogP contribution in [0.1, 0.15) is 39.1 Å². The lowest BCUT2D eigenvalue weighted by Gasteiger charge is -2.15. The summed E-state index contributed by atoms with van der Waals surface area (Å²) in [6.07, 6.45) is 5.15. The predicted molar refractivity (Wildman–Crippen MR) is 105 cm³/mol. The molecule has 6 heteroatoms. The lowest BCUT2D eigenvalue weighted by molar-refractivity contribution is -0.132. The molecule has 1 saturated heterocycles. The van der Waals surface area contributed by atoms with Crippen LogP contribution in [0.15, 0.2) is 54.6 Å². The van der Waals surface area contributed by atoms with Crippen molar-refractivity contribution in [3.63, 3.8) is 0 Å². The molecule has 2 aromatic rings. The number of ether oxygens (including phenoxy) is 1. The topological polar surface area (TPSA) is 83.9 Å². The molecule has 0 atom stereocenters. The van der Waals surface area contributed by atoms with Crippen LogP contribution >= 0.6 is 0 Å². The quantitative estimate of drug-likeness (QED) is 0.590. The number of nitrogens with zero attached hydrogens (tertiary/aromatic N) is 1. The molecule has 0 aliphatic carbocycles. The molecule has 0 aromatic heterocycles. The van der Waals surface area contributed by atoms with Crippen LogP contribution in [0, 0.1) is 0 Å². The molecule has 1 aliphatic rings. The van der Waals surface area contributed by atoms with E-state index in [9.17, 15) is 14.4 Å². The number of hydrogen-bond donors (Lipinski definition) is 1. The molecule has 2 aromatic carbocycles. The molecule has 1 heterocycles. The van der Waals surface area contributed by atoms with Gasteiger partial charge in [-0.25, -0.2) is 4.79 Å². The molecule has 144 valence electrons. The summed E-state index contributed by atoms with van der Waals surface area (Å²) in [4.78, 5) is 36.9. The van der Waals surface area contributed by atoms with Crippen molar-refractivity contribution >= 4 is 23.7 Å². The molecule has 3 rings (SSSR count). The van der Waals surface area contributed by atoms with E-state index in [2.05, 4.69) is 0 Å². The zero-order valence-corrected chi connectivity index (χ0v) is 15.3. The number of carboxylic acid groups (broad SMARTS) is 1. The Morgan fingerprint density at radius 1 is 0.929 bits per heavy atom. The summed E-state index contributed by atoms with van der Waals surface area (Å²) < 4.78 is 5.51. The Hall–Kier alpha value is -3.41. The van der Waals surface area contributed by atoms with Gasteiger partial charge in [0, 0.05) is 18.7 Å². The molecular weight excluding hydrogens is 358 g/mol. The summed E-state index contributed by atoms with van der Waals surface area (Å²) in [6.45, 7) is 1.58. The van der Waals surface area contributed by atoms with Crippen molar-refractivity contribution in [1.82, 2.24) is 4.90 Å². The second-order valence-corrected chi connectivity index (χ2v) is 6.53. The maximum Gasteiger partial charge on any atom is 0.335 e. The fourth-order valence-electron chi connectivity index (χ4n) is 2.92. The molecule has 1 amide bonds. The summed E-state index contributed by atoms with van der Waals surface area (Å²) in [6, 6.07) is 12.9. The second-order valence-electron chi connectivity index (χ2n) is 6.53. The van der Waals surface area contributed by atoms with Crippen LogP contribution in [0.2, 0.25) is 0 Å². The number of benzene rings is 2. The van der Waals surface area contributed by atoms with Crippen LogP contribution in [-0.4, -0.2) is 47.4 Å². The zero-order chi connectivity index (χ0) is 19.9. The van der Waals surface area contributed by atoms with E-state index in [0.29, 0.717) is 11.3 Å². The fourth-order valence-corrected chi connectivity index (χ4v) is 2.92. The molecule has 28 heavy (non-hydrogen) atoms. The fraction of sp³-hybridized carbons (Fsp3) is 0.227. The average molecular weight is 379 g/mol. The van der Waals surface area contributed by atoms with Crippen LogP contribution in [0.4, 0.5) is 0 Å². The van der Waals surface area contributed by atoms with Crippen LogP contribution in [0.25, 0.3) is 6.08 Å². The largest absolute Gasteiger partial charge is 0.484 e. The standard InChI is InChI=1S/C22H21NO5/c24-20(12-5-16-3-6-18(7-4-16)22(26)27)17-8-10-19(11-9-17)28-15-21(25)23-13-1-2-14-23/h3-12H,1-2,13-15H2,(H,26,27)/b12-5+. The maximum atomic E-state index is 12.3. The van der Waals surface area contributed by atoms with E-state index in [0.717, 1.165) is 31.5 Å². The molecule has 1 N–H and O–H groups in total. The van der Waals surface area contributed by atoms with E-state index in [1.807, 2.05) is 0 Å². The van der Waals surface area contributed by atoms with Gasteiger partial charge >= 0.3 is 5.97 Å². The Labute approximate surface area is 163 Å². The number of aromatic carboxylic acids is 1. The van der Waals surface area contributed by atoms with E-state index in [1.165, 1.54) is 18.2 Å². The van der Waals surface area contributed by atoms with Gasteiger partial charge in [0.05, 0.1) is 5.56 Å². The van der Waals surface area contributed by atoms with E-state index in [-0.39, 0.29) is 23.9 Å². The van der Waals surface area contributed by atoms with Gasteiger partial charge in [0.25, 0.3) is 5.91 Å². The average Bonchev–Trinajstić information content (AvgIpc) is 3.26. The number of allylic oxidation sites excluding steroid dienone is 1. The number of carboxylic acids is 1. The molecule has 0 unspecified atom stereocenters. The summed E-state index contributed by atoms with van der Waals surface area (Å²) in [5.74, 6) is -0.648. The highest BCUT2D eigenvalue weighted by Gasteiger charge is 2.18. The number of carbonyl (C=O) groups is 3. The van der Waals surface area contributed by atoms with E-state index >= 15 is 0 Å². The summed E-state index contributed by atoms with van der Waals surface area (Å²) in [7, 11) is 0. The van der Waals surface area contributed by atoms with Crippen LogP contribution in [0.3, 0.4) is 0 Å². The van der Waals surface area contributed by atoms with E-state index in [1.54, 1.807) is 47.4 Å². The Morgan fingerprint density at radius 3 is 2.14 bits per heavy atom. The Bertz CT molecular complexity index is 878. The van der Waals surface area contributed by atoms with Crippen molar-refractivity contribution in [2.45, 2.75) is 12.8 Å². The first kappa shape index (κ1) is 19.4. The predicted octanol–water partition coefficient (Wildman–Crippen LogP) is 3.28. The van der Waals surface area contributed by atoms with Crippen molar-refractivity contribution in [3.05, 3.63) is 71.3 Å². The van der Waals surface area contributed by atoms with Gasteiger partial charge in [-0.1, -0.05) is 18.2 Å². The molecule has 1 aliphatic heterocycles. The Balaban J connectivity index is 1.54. The molecule has 1 fully saturated rings. The first-order chi connectivity index (χ1) is 13.5. The molecular formula is C22H21NO5. The van der Waals surface area contributed by atoms with Crippen molar-refractivity contribution in [2.24, 2.45) is 0 Å². The van der Waals surface area contributed by atoms with E-state index in [4.69, 9.17) is 9.84 Å². The minimum atomic E-state index is -0.990.